The summed E-state index contributed by atoms with van der Waals surface area (Å²) >= 11 is 0. The molecule has 0 amide bonds. The molecule has 0 saturated heterocycles. The Balaban J connectivity index is 2.23. The summed E-state index contributed by atoms with van der Waals surface area (Å²) in [5.41, 5.74) is 0.156. The van der Waals surface area contributed by atoms with Gasteiger partial charge in [-0.25, -0.2) is 0 Å². The topological polar surface area (TPSA) is 17.1 Å². The van der Waals surface area contributed by atoms with Gasteiger partial charge < -0.3 is 0 Å². The molecule has 0 radical (unpaired) electrons. The number of carbonyl (C=O) groups excluding carboxylic acids is 1. The number of rotatable bonds is 1. The van der Waals surface area contributed by atoms with Crippen LogP contribution in [0.5, 0.6) is 0 Å². The van der Waals surface area contributed by atoms with Crippen LogP contribution in [0.1, 0.15) is 45.4 Å². The largest absolute Gasteiger partial charge is 0.299 e. The van der Waals surface area contributed by atoms with Crippen molar-refractivity contribution < 1.29 is 4.79 Å². The van der Waals surface area contributed by atoms with Gasteiger partial charge >= 0.3 is 0 Å². The summed E-state index contributed by atoms with van der Waals surface area (Å²) in [6.45, 7) is 2.17. The number of hydrogen-bond donors (Lipinski definition) is 0. The Morgan fingerprint density at radius 2 is 2.36 bits per heavy atom. The summed E-state index contributed by atoms with van der Waals surface area (Å²) < 4.78 is 0. The molecule has 0 heterocycles. The molecular weight excluding hydrogens is 136 g/mol. The van der Waals surface area contributed by atoms with E-state index in [1.54, 1.807) is 0 Å². The summed E-state index contributed by atoms with van der Waals surface area (Å²) in [7, 11) is 0. The van der Waals surface area contributed by atoms with Crippen LogP contribution < -0.4 is 0 Å². The van der Waals surface area contributed by atoms with Crippen LogP contribution in [0.4, 0.5) is 0 Å². The molecular formula is C10H16O. The molecule has 11 heavy (non-hydrogen) atoms. The fourth-order valence-corrected chi connectivity index (χ4v) is 2.86. The van der Waals surface area contributed by atoms with Gasteiger partial charge in [0, 0.05) is 11.8 Å². The average Bonchev–Trinajstić information content (AvgIpc) is 2.39. The minimum absolute atomic E-state index is 0.156. The molecule has 2 unspecified atom stereocenters. The highest BCUT2D eigenvalue weighted by Crippen LogP contribution is 2.51. The molecule has 2 atom stereocenters. The smallest absolute Gasteiger partial charge is 0.139 e. The fourth-order valence-electron chi connectivity index (χ4n) is 2.86. The number of carbonyl (C=O) groups is 1. The van der Waals surface area contributed by atoms with Crippen molar-refractivity contribution in [1.29, 1.82) is 0 Å². The SMILES string of the molecule is CCC12CCC(CCC1=O)C2. The number of fused-ring (bicyclic) bond motifs is 2. The lowest BCUT2D eigenvalue weighted by molar-refractivity contribution is -0.130. The summed E-state index contributed by atoms with van der Waals surface area (Å²) in [5, 5.41) is 0. The maximum absolute atomic E-state index is 11.6. The molecule has 2 bridgehead atoms. The second kappa shape index (κ2) is 2.33. The van der Waals surface area contributed by atoms with E-state index >= 15 is 0 Å². The van der Waals surface area contributed by atoms with E-state index in [9.17, 15) is 4.79 Å². The zero-order valence-corrected chi connectivity index (χ0v) is 7.23. The van der Waals surface area contributed by atoms with Gasteiger partial charge in [0.25, 0.3) is 0 Å². The predicted octanol–water partition coefficient (Wildman–Crippen LogP) is 2.55. The van der Waals surface area contributed by atoms with Crippen molar-refractivity contribution in [3.63, 3.8) is 0 Å². The van der Waals surface area contributed by atoms with Crippen LogP contribution in [-0.2, 0) is 4.79 Å². The van der Waals surface area contributed by atoms with E-state index < -0.39 is 0 Å². The molecule has 1 nitrogen and oxygen atoms in total. The molecule has 1 heteroatoms. The third-order valence-electron chi connectivity index (χ3n) is 3.76. The number of hydrogen-bond acceptors (Lipinski definition) is 1. The lowest BCUT2D eigenvalue weighted by atomic mass is 9.73. The highest BCUT2D eigenvalue weighted by atomic mass is 16.1. The maximum atomic E-state index is 11.6. The van der Waals surface area contributed by atoms with Gasteiger partial charge in [-0.05, 0) is 38.0 Å². The molecule has 0 aromatic carbocycles. The zero-order chi connectivity index (χ0) is 7.90. The van der Waals surface area contributed by atoms with Crippen LogP contribution in [-0.4, -0.2) is 5.78 Å². The summed E-state index contributed by atoms with van der Waals surface area (Å²) in [6.07, 6.45) is 6.86. The molecule has 2 aliphatic carbocycles. The zero-order valence-electron chi connectivity index (χ0n) is 7.23. The first-order chi connectivity index (χ1) is 5.27. The van der Waals surface area contributed by atoms with Crippen molar-refractivity contribution in [2.24, 2.45) is 11.3 Å². The lowest BCUT2D eigenvalue weighted by Gasteiger charge is -2.30. The van der Waals surface area contributed by atoms with Gasteiger partial charge in [-0.2, -0.15) is 0 Å². The number of ketones is 1. The van der Waals surface area contributed by atoms with Crippen LogP contribution in [0.15, 0.2) is 0 Å². The second-order valence-electron chi connectivity index (χ2n) is 4.20. The first kappa shape index (κ1) is 7.33. The van der Waals surface area contributed by atoms with Gasteiger partial charge in [0.2, 0.25) is 0 Å². The lowest BCUT2D eigenvalue weighted by Crippen LogP contribution is -2.30. The monoisotopic (exact) mass is 152 g/mol. The molecule has 2 saturated carbocycles. The average molecular weight is 152 g/mol. The summed E-state index contributed by atoms with van der Waals surface area (Å²) in [4.78, 5) is 11.6. The summed E-state index contributed by atoms with van der Waals surface area (Å²) in [6, 6.07) is 0. The van der Waals surface area contributed by atoms with E-state index in [1.165, 1.54) is 25.7 Å². The van der Waals surface area contributed by atoms with Crippen LogP contribution in [0.3, 0.4) is 0 Å². The Morgan fingerprint density at radius 3 is 3.00 bits per heavy atom. The van der Waals surface area contributed by atoms with E-state index in [0.717, 1.165) is 18.8 Å². The van der Waals surface area contributed by atoms with Crippen LogP contribution in [0.25, 0.3) is 0 Å². The van der Waals surface area contributed by atoms with Gasteiger partial charge in [0.15, 0.2) is 0 Å². The minimum Gasteiger partial charge on any atom is -0.299 e. The molecule has 2 rings (SSSR count). The Labute approximate surface area is 68.2 Å². The molecule has 0 aliphatic heterocycles. The van der Waals surface area contributed by atoms with E-state index in [0.29, 0.717) is 5.78 Å². The number of Topliss-reactive ketones (excluding diaryl/α,β-unsaturated/α-hetero) is 1. The van der Waals surface area contributed by atoms with Crippen LogP contribution >= 0.6 is 0 Å². The third-order valence-corrected chi connectivity index (χ3v) is 3.76. The maximum Gasteiger partial charge on any atom is 0.139 e. The van der Waals surface area contributed by atoms with Gasteiger partial charge in [-0.15, -0.1) is 0 Å². The van der Waals surface area contributed by atoms with Gasteiger partial charge in [-0.1, -0.05) is 6.92 Å². The first-order valence-electron chi connectivity index (χ1n) is 4.80. The first-order valence-corrected chi connectivity index (χ1v) is 4.80. The molecule has 2 aliphatic rings. The van der Waals surface area contributed by atoms with Crippen LogP contribution in [0.2, 0.25) is 0 Å². The second-order valence-corrected chi connectivity index (χ2v) is 4.20. The van der Waals surface area contributed by atoms with Gasteiger partial charge in [0.1, 0.15) is 5.78 Å². The molecule has 0 N–H and O–H groups in total. The standard InChI is InChI=1S/C10H16O/c1-2-10-6-5-8(7-10)3-4-9(10)11/h8H,2-7H2,1H3. The van der Waals surface area contributed by atoms with Crippen molar-refractivity contribution >= 4 is 5.78 Å². The Kier molecular flexibility index (Phi) is 1.55. The third kappa shape index (κ3) is 0.935. The molecule has 0 spiro atoms. The predicted molar refractivity (Wildman–Crippen MR) is 44.3 cm³/mol. The van der Waals surface area contributed by atoms with Gasteiger partial charge in [-0.3, -0.25) is 4.79 Å². The van der Waals surface area contributed by atoms with E-state index in [4.69, 9.17) is 0 Å². The normalized spacial score (nSPS) is 43.0. The van der Waals surface area contributed by atoms with E-state index in [-0.39, 0.29) is 5.41 Å². The Hall–Kier alpha value is -0.330. The quantitative estimate of drug-likeness (QED) is 0.564. The van der Waals surface area contributed by atoms with Crippen molar-refractivity contribution in [3.05, 3.63) is 0 Å². The fraction of sp³-hybridized carbons (Fsp3) is 0.900. The highest BCUT2D eigenvalue weighted by molar-refractivity contribution is 5.86. The molecule has 2 fully saturated rings. The highest BCUT2D eigenvalue weighted by Gasteiger charge is 2.46. The minimum atomic E-state index is 0.156. The Bertz CT molecular complexity index is 185. The van der Waals surface area contributed by atoms with Crippen molar-refractivity contribution in [3.8, 4) is 0 Å². The van der Waals surface area contributed by atoms with Crippen molar-refractivity contribution in [2.45, 2.75) is 45.4 Å². The molecule has 62 valence electrons. The van der Waals surface area contributed by atoms with E-state index in [2.05, 4.69) is 6.92 Å². The molecule has 0 aromatic heterocycles. The van der Waals surface area contributed by atoms with Crippen LogP contribution in [0, 0.1) is 11.3 Å². The van der Waals surface area contributed by atoms with E-state index in [1.807, 2.05) is 0 Å². The van der Waals surface area contributed by atoms with Gasteiger partial charge in [0.05, 0.1) is 0 Å². The molecule has 0 aromatic rings. The van der Waals surface area contributed by atoms with Crippen molar-refractivity contribution in [2.75, 3.05) is 0 Å². The Morgan fingerprint density at radius 1 is 1.55 bits per heavy atom. The van der Waals surface area contributed by atoms with Crippen molar-refractivity contribution in [1.82, 2.24) is 0 Å². The summed E-state index contributed by atoms with van der Waals surface area (Å²) in [5.74, 6) is 1.46.